The number of hydrogen-bond donors (Lipinski definition) is 2. The van der Waals surface area contributed by atoms with Crippen LogP contribution in [0, 0.1) is 5.92 Å². The van der Waals surface area contributed by atoms with E-state index >= 15 is 0 Å². The number of hydrogen-bond acceptors (Lipinski definition) is 5. The molecule has 108 valence electrons. The largest absolute Gasteiger partial charge is 0.384 e. The lowest BCUT2D eigenvalue weighted by molar-refractivity contribution is 0.551. The first-order valence-corrected chi connectivity index (χ1v) is 7.79. The molecule has 0 aliphatic carbocycles. The van der Waals surface area contributed by atoms with Gasteiger partial charge in [-0.05, 0) is 17.4 Å². The van der Waals surface area contributed by atoms with Gasteiger partial charge in [0.1, 0.15) is 17.5 Å². The number of aromatic nitrogens is 2. The van der Waals surface area contributed by atoms with Crippen molar-refractivity contribution in [1.29, 1.82) is 0 Å². The van der Waals surface area contributed by atoms with E-state index in [1.165, 1.54) is 4.88 Å². The third-order valence-electron chi connectivity index (χ3n) is 3.10. The van der Waals surface area contributed by atoms with Crippen molar-refractivity contribution in [3.8, 4) is 0 Å². The van der Waals surface area contributed by atoms with Crippen molar-refractivity contribution >= 4 is 23.0 Å². The predicted molar refractivity (Wildman–Crippen MR) is 86.1 cm³/mol. The second-order valence-corrected chi connectivity index (χ2v) is 6.55. The molecule has 0 aromatic carbocycles. The van der Waals surface area contributed by atoms with Gasteiger partial charge in [-0.15, -0.1) is 11.3 Å². The maximum atomic E-state index is 5.88. The summed E-state index contributed by atoms with van der Waals surface area (Å²) in [7, 11) is 0. The minimum absolute atomic E-state index is 0.240. The smallest absolute Gasteiger partial charge is 0.135 e. The Morgan fingerprint density at radius 3 is 2.50 bits per heavy atom. The molecule has 5 heteroatoms. The Morgan fingerprint density at radius 1 is 1.20 bits per heavy atom. The molecule has 0 aliphatic rings. The van der Waals surface area contributed by atoms with Crippen LogP contribution in [-0.4, -0.2) is 9.97 Å². The average Bonchev–Trinajstić information content (AvgIpc) is 2.88. The highest BCUT2D eigenvalue weighted by Crippen LogP contribution is 2.29. The minimum atomic E-state index is 0.240. The van der Waals surface area contributed by atoms with Crippen molar-refractivity contribution < 1.29 is 0 Å². The topological polar surface area (TPSA) is 63.8 Å². The molecule has 20 heavy (non-hydrogen) atoms. The highest BCUT2D eigenvalue weighted by molar-refractivity contribution is 7.10. The number of rotatable bonds is 5. The van der Waals surface area contributed by atoms with E-state index in [1.807, 2.05) is 0 Å². The van der Waals surface area contributed by atoms with Gasteiger partial charge in [-0.25, -0.2) is 9.97 Å². The molecular formula is C15H22N4S. The molecule has 0 radical (unpaired) electrons. The molecule has 0 spiro atoms. The third kappa shape index (κ3) is 3.48. The molecular weight excluding hydrogens is 268 g/mol. The van der Waals surface area contributed by atoms with E-state index in [9.17, 15) is 0 Å². The van der Waals surface area contributed by atoms with E-state index in [2.05, 4.69) is 60.5 Å². The molecule has 2 aromatic heterocycles. The lowest BCUT2D eigenvalue weighted by Crippen LogP contribution is -2.17. The molecule has 0 saturated carbocycles. The van der Waals surface area contributed by atoms with Gasteiger partial charge in [0.15, 0.2) is 0 Å². The molecule has 1 unspecified atom stereocenters. The number of nitrogens with one attached hydrogen (secondary N) is 1. The summed E-state index contributed by atoms with van der Waals surface area (Å²) in [5.74, 6) is 2.82. The molecule has 1 atom stereocenters. The molecule has 0 fully saturated rings. The van der Waals surface area contributed by atoms with E-state index in [0.717, 1.165) is 11.6 Å². The maximum Gasteiger partial charge on any atom is 0.135 e. The standard InChI is InChI=1S/C15H22N4S/c1-9(2)14(11-6-5-7-20-11)18-13-8-12(16)17-15(19-13)10(3)4/h5-10,14H,1-4H3,(H3,16,17,18,19). The molecule has 0 amide bonds. The van der Waals surface area contributed by atoms with Gasteiger partial charge in [0.05, 0.1) is 6.04 Å². The summed E-state index contributed by atoms with van der Waals surface area (Å²) >= 11 is 1.76. The number of nitrogens with two attached hydrogens (primary N) is 1. The first kappa shape index (κ1) is 14.8. The van der Waals surface area contributed by atoms with E-state index in [-0.39, 0.29) is 12.0 Å². The van der Waals surface area contributed by atoms with Crippen LogP contribution in [0.25, 0.3) is 0 Å². The normalized spacial score (nSPS) is 12.9. The Balaban J connectivity index is 2.27. The van der Waals surface area contributed by atoms with Crippen LogP contribution in [0.15, 0.2) is 23.6 Å². The summed E-state index contributed by atoms with van der Waals surface area (Å²) in [4.78, 5) is 10.2. The van der Waals surface area contributed by atoms with Gasteiger partial charge in [-0.2, -0.15) is 0 Å². The quantitative estimate of drug-likeness (QED) is 0.872. The van der Waals surface area contributed by atoms with Crippen LogP contribution in [0.5, 0.6) is 0 Å². The molecule has 2 rings (SSSR count). The number of nitrogen functional groups attached to an aromatic ring is 1. The van der Waals surface area contributed by atoms with E-state index in [1.54, 1.807) is 17.4 Å². The van der Waals surface area contributed by atoms with Crippen LogP contribution in [0.1, 0.15) is 50.4 Å². The van der Waals surface area contributed by atoms with Gasteiger partial charge in [-0.1, -0.05) is 33.8 Å². The average molecular weight is 290 g/mol. The molecule has 0 saturated heterocycles. The highest BCUT2D eigenvalue weighted by atomic mass is 32.1. The van der Waals surface area contributed by atoms with Gasteiger partial charge in [0.25, 0.3) is 0 Å². The van der Waals surface area contributed by atoms with Crippen molar-refractivity contribution in [2.45, 2.75) is 39.7 Å². The first-order chi connectivity index (χ1) is 9.47. The summed E-state index contributed by atoms with van der Waals surface area (Å²) < 4.78 is 0. The zero-order valence-electron chi connectivity index (χ0n) is 12.4. The summed E-state index contributed by atoms with van der Waals surface area (Å²) in [6.45, 7) is 8.53. The van der Waals surface area contributed by atoms with Gasteiger partial charge in [0, 0.05) is 16.9 Å². The van der Waals surface area contributed by atoms with Crippen LogP contribution < -0.4 is 11.1 Å². The Hall–Kier alpha value is -1.62. The Morgan fingerprint density at radius 2 is 1.95 bits per heavy atom. The summed E-state index contributed by atoms with van der Waals surface area (Å²) in [5, 5.41) is 5.59. The van der Waals surface area contributed by atoms with Crippen molar-refractivity contribution in [3.05, 3.63) is 34.3 Å². The van der Waals surface area contributed by atoms with Crippen LogP contribution in [0.2, 0.25) is 0 Å². The van der Waals surface area contributed by atoms with Crippen molar-refractivity contribution in [1.82, 2.24) is 9.97 Å². The van der Waals surface area contributed by atoms with Crippen molar-refractivity contribution in [3.63, 3.8) is 0 Å². The van der Waals surface area contributed by atoms with Gasteiger partial charge >= 0.3 is 0 Å². The van der Waals surface area contributed by atoms with Crippen LogP contribution in [0.3, 0.4) is 0 Å². The number of thiophene rings is 1. The van der Waals surface area contributed by atoms with Crippen LogP contribution >= 0.6 is 11.3 Å². The van der Waals surface area contributed by atoms with Gasteiger partial charge < -0.3 is 11.1 Å². The summed E-state index contributed by atoms with van der Waals surface area (Å²) in [5.41, 5.74) is 5.88. The Kier molecular flexibility index (Phi) is 4.60. The molecule has 0 aliphatic heterocycles. The van der Waals surface area contributed by atoms with Crippen molar-refractivity contribution in [2.75, 3.05) is 11.1 Å². The minimum Gasteiger partial charge on any atom is -0.384 e. The second-order valence-electron chi connectivity index (χ2n) is 5.57. The maximum absolute atomic E-state index is 5.88. The first-order valence-electron chi connectivity index (χ1n) is 6.91. The fraction of sp³-hybridized carbons (Fsp3) is 0.467. The fourth-order valence-corrected chi connectivity index (χ4v) is 2.96. The molecule has 2 aromatic rings. The lowest BCUT2D eigenvalue weighted by atomic mass is 10.0. The molecule has 0 bridgehead atoms. The fourth-order valence-electron chi connectivity index (χ4n) is 2.01. The second kappa shape index (κ2) is 6.22. The van der Waals surface area contributed by atoms with Crippen molar-refractivity contribution in [2.24, 2.45) is 5.92 Å². The summed E-state index contributed by atoms with van der Waals surface area (Å²) in [6, 6.07) is 6.26. The van der Waals surface area contributed by atoms with E-state index in [0.29, 0.717) is 11.7 Å². The van der Waals surface area contributed by atoms with Gasteiger partial charge in [-0.3, -0.25) is 0 Å². The summed E-state index contributed by atoms with van der Waals surface area (Å²) in [6.07, 6.45) is 0. The lowest BCUT2D eigenvalue weighted by Gasteiger charge is -2.22. The van der Waals surface area contributed by atoms with Crippen LogP contribution in [-0.2, 0) is 0 Å². The SMILES string of the molecule is CC(C)c1nc(N)cc(NC(c2cccs2)C(C)C)n1. The number of anilines is 2. The molecule has 3 N–H and O–H groups in total. The third-order valence-corrected chi connectivity index (χ3v) is 4.05. The monoisotopic (exact) mass is 290 g/mol. The molecule has 4 nitrogen and oxygen atoms in total. The Labute approximate surface area is 124 Å². The highest BCUT2D eigenvalue weighted by Gasteiger charge is 2.18. The van der Waals surface area contributed by atoms with E-state index in [4.69, 9.17) is 5.73 Å². The zero-order chi connectivity index (χ0) is 14.7. The predicted octanol–water partition coefficient (Wildman–Crippen LogP) is 4.05. The molecule has 2 heterocycles. The zero-order valence-corrected chi connectivity index (χ0v) is 13.2. The van der Waals surface area contributed by atoms with E-state index < -0.39 is 0 Å². The Bertz CT molecular complexity index is 549. The van der Waals surface area contributed by atoms with Gasteiger partial charge in [0.2, 0.25) is 0 Å². The van der Waals surface area contributed by atoms with Crippen LogP contribution in [0.4, 0.5) is 11.6 Å². The number of nitrogens with zero attached hydrogens (tertiary/aromatic N) is 2.